The molecule has 0 spiro atoms. The predicted octanol–water partition coefficient (Wildman–Crippen LogP) is 40.4. The number of alkyl halides is 1. The monoisotopic (exact) mass is 2300 g/mol. The van der Waals surface area contributed by atoms with Crippen molar-refractivity contribution < 1.29 is 90.2 Å². The van der Waals surface area contributed by atoms with Crippen LogP contribution < -0.4 is 0 Å². The molecule has 804 valence electrons. The van der Waals surface area contributed by atoms with E-state index in [9.17, 15) is 19.2 Å². The van der Waals surface area contributed by atoms with Gasteiger partial charge in [-0.1, -0.05) is 433 Å². The molecule has 0 rings (SSSR count). The molecule has 0 saturated carbocycles. The number of carbonyl (C=O) groups is 4. The van der Waals surface area contributed by atoms with Crippen LogP contribution in [0.15, 0.2) is 340 Å². The van der Waals surface area contributed by atoms with Gasteiger partial charge in [0.2, 0.25) is 0 Å². The molecular weight excluding hydrogens is 2080 g/mol. The maximum atomic E-state index is 11.1. The summed E-state index contributed by atoms with van der Waals surface area (Å²) in [6.45, 7) is 9.03. The molecule has 0 aromatic heterocycles. The molecule has 0 saturated heterocycles. The van der Waals surface area contributed by atoms with E-state index in [0.717, 1.165) is 19.3 Å². The summed E-state index contributed by atoms with van der Waals surface area (Å²) in [6, 6.07) is 0. The van der Waals surface area contributed by atoms with Crippen LogP contribution in [-0.4, -0.2) is 67.3 Å². The molecule has 0 fully saturated rings. The van der Waals surface area contributed by atoms with Crippen molar-refractivity contribution in [1.82, 2.24) is 0 Å². The van der Waals surface area contributed by atoms with Crippen molar-refractivity contribution in [2.24, 2.45) is 0 Å². The zero-order valence-electron chi connectivity index (χ0n) is 122. The Morgan fingerprint density at radius 1 is 0.253 bits per heavy atom. The van der Waals surface area contributed by atoms with E-state index in [2.05, 4.69) is 130 Å². The Morgan fingerprint density at radius 2 is 0.432 bits per heavy atom. The zero-order chi connectivity index (χ0) is 139. The second-order valence-corrected chi connectivity index (χ2v) is 43.5. The largest absolute Gasteiger partial charge is 0.481 e. The fourth-order valence-corrected chi connectivity index (χ4v) is 8.57. The second kappa shape index (κ2) is 155. The number of ether oxygens (including phenoxy) is 3. The van der Waals surface area contributed by atoms with Gasteiger partial charge in [0.25, 0.3) is 0 Å². The van der Waals surface area contributed by atoms with Gasteiger partial charge >= 0.3 is 23.9 Å². The van der Waals surface area contributed by atoms with Crippen LogP contribution in [0, 0.1) is 72.1 Å². The van der Waals surface area contributed by atoms with E-state index >= 15 is 0 Å². The Morgan fingerprint density at radius 3 is 0.582 bits per heavy atom. The number of carboxylic acid groups (broad SMARTS) is 1. The SMILES string of the molecule is BrP(Br)Br.C#CCC.C#CCC(=O)OC.[2H]C([2H])(/C=C\CC)/C=C\CC/C=C\C([2H])([2H])/C=C\CC/C=C\C([2H])([2H])/C=C\CC/C=C\C([2H])([2H])/C=C\CC/C=C\C([2H])([2H])/C=C\CC/C=C\C([2H])([2H])/C=C\CC/C=C\C([2H])([2H])/C=C\CC(=O)O.[2H]C([2H])(/C=C\CC)/C=C\CC/C=C\C([2H])([2H])/C=C\CC/C=C\C([2H])([2H])/C=C\CC/C=C\C([2H])([2H])/C=C\CC/C=C\C([2H])([2H])/C=C\CC/C=C\C([2H])([2H])/C=C\CC/C=C\C([2H])([2H])/C=C\CC(=O)OC.[2H]C([2H])(Br)C#CCC.[2H]C([2H])(C#CCC)C#CCC(=O)OC.[2H]C([2H])(O)C#CCC. The summed E-state index contributed by atoms with van der Waals surface area (Å²) in [5.41, 5.74) is 0. The Labute approximate surface area is 975 Å². The van der Waals surface area contributed by atoms with Crippen LogP contribution in [-0.2, 0) is 33.4 Å². The van der Waals surface area contributed by atoms with E-state index in [1.54, 1.807) is 165 Å². The Hall–Kier alpha value is -9.73. The highest BCUT2D eigenvalue weighted by Gasteiger charge is 1.96. The van der Waals surface area contributed by atoms with Crippen LogP contribution in [0.5, 0.6) is 0 Å². The minimum atomic E-state index is -2.31. The molecule has 0 unspecified atom stereocenters. The second-order valence-electron chi connectivity index (χ2n) is 27.8. The maximum Gasteiger partial charge on any atom is 0.317 e. The number of halogens is 4. The number of methoxy groups -OCH3 is 3. The number of unbranched alkanes of at least 4 members (excludes halogenated alkanes) is 12. The molecule has 2 N–H and O–H groups in total. The summed E-state index contributed by atoms with van der Waals surface area (Å²) in [6.07, 6.45) is 90.0. The number of esters is 3. The minimum Gasteiger partial charge on any atom is -0.481 e. The predicted molar refractivity (Wildman–Crippen MR) is 663 cm³/mol. The van der Waals surface area contributed by atoms with Crippen LogP contribution in [0.2, 0.25) is 0 Å². The van der Waals surface area contributed by atoms with E-state index in [4.69, 9.17) is 69.7 Å². The van der Waals surface area contributed by atoms with E-state index in [-0.39, 0.29) is 35.7 Å². The normalized spacial score (nSPS) is 16.9. The van der Waals surface area contributed by atoms with Crippen molar-refractivity contribution in [3.8, 4) is 72.1 Å². The number of carboxylic acids is 1. The fraction of sp³-hybridized carbons (Fsp3) is 0.455. The van der Waals surface area contributed by atoms with Crippen LogP contribution in [0.3, 0.4) is 0 Å². The quantitative estimate of drug-likeness (QED) is 0.0116. The van der Waals surface area contributed by atoms with Crippen LogP contribution in [0.4, 0.5) is 0 Å². The Kier molecular flexibility index (Phi) is 101. The van der Waals surface area contributed by atoms with Gasteiger partial charge < -0.3 is 24.4 Å². The fourth-order valence-electron chi connectivity index (χ4n) is 8.43. The molecule has 0 atom stereocenters. The number of aliphatic hydroxyl groups is 1. The van der Waals surface area contributed by atoms with Crippen LogP contribution >= 0.6 is 66.4 Å². The summed E-state index contributed by atoms with van der Waals surface area (Å²) in [7, 11) is 3.83. The average molecular weight is 2300 g/mol. The molecule has 0 bridgehead atoms. The Balaban J connectivity index is -0.000000404. The summed E-state index contributed by atoms with van der Waals surface area (Å²) in [4.78, 5) is 42.4. The summed E-state index contributed by atoms with van der Waals surface area (Å²) in [5, 5.41) is 15.5. The number of carbonyl (C=O) groups excluding carboxylic acids is 3. The first-order valence-corrected chi connectivity index (χ1v) is 57.2. The standard InChI is InChI=1S/C52H76O2.C51H74O2.C10H12O2.C5H7Br.C5H6O2.C5H8O.C4H6.Br3P/c1-3-4-5-6-7-8-9-10-11-12-13-14-15-16-17-18-19-20-21-22-23-24-25-26-27-28-29-30-31-32-33-34-35-36-37-38-39-40-41-42-43-44-45-46-47-48-49-50-51-52(53)54-2;1-2-3-4-5-6-7-8-9-10-11-12-13-14-15-16-17-18-19-20-21-22-23-24-25-26-27-28-29-30-31-32-33-34-35-36-37-38-39-40-41-42-43-44-45-46-47-48-49-50-51(52)53;1-3-4-5-6-7-8-9-10(11)12-2;1-2-3-4-5-6;1-3-4-5(6)7-2;1-2-3-4-5-6;1-3-4-2;1-4(2)3/h4-5,7-8,11-12,14-15,18-19,21-22,25-26,28-29,32-33,35-36,39-40,42-43,46-47,49-50H,3,6,9-10,13,16-17,20,23-24,27,30-31,34,37-38,41,44-45,48,51H2,1-2H3;3-4,6-7,10-11,13-14,17-18,20-21,24-25,27-28,31-32,34-35,38-39,41-42,45-46,48-49H,2,5,8-9,12,15-16,19,22-23,26,29-30,33,36-37,40,43-44,47,50H2,1H3,(H,52,53);3,6,9H2,1-2H3;2,5H2,1H3;1H,4H2,2H3;6H,2,5H2,1H3;1H,4H2,2H3;/b5-4-,8-7-,12-11-,15-14-,19-18-,22-21-,26-25-,29-28-,33-32-,36-35-,40-39-,43-42-,47-46-,50-49-;4-3-,7-6-,11-10-,14-13-,18-17-,21-20-,25-24-,28-27-,32-31-,35-34-,39-38-,42-41-,46-45-,49-48-;;;;;;/i6D2,13D2,20D2,27D2,34D2,41D2,48D2;5D2,12D2,19D2,26D2,33D2,40D2,47D2;6D2;5D2;;5D2;;. The van der Waals surface area contributed by atoms with Gasteiger partial charge in [0.1, 0.15) is 23.4 Å². The van der Waals surface area contributed by atoms with E-state index in [1.807, 2.05) is 40.5 Å². The van der Waals surface area contributed by atoms with Gasteiger partial charge in [-0.05, 0) is 303 Å². The summed E-state index contributed by atoms with van der Waals surface area (Å²) < 4.78 is 280. The highest BCUT2D eigenvalue weighted by Crippen LogP contribution is 2.59. The topological polar surface area (TPSA) is 136 Å². The number of rotatable bonds is 72. The van der Waals surface area contributed by atoms with Crippen molar-refractivity contribution in [1.29, 1.82) is 0 Å². The third-order valence-electron chi connectivity index (χ3n) is 15.5. The molecule has 0 amide bonds. The van der Waals surface area contributed by atoms with Crippen molar-refractivity contribution >= 4 is 90.3 Å². The molecule has 0 aliphatic carbocycles. The maximum absolute atomic E-state index is 11.1. The highest BCUT2D eigenvalue weighted by molar-refractivity contribution is 9.93. The zero-order valence-corrected chi connectivity index (χ0v) is 95.0. The summed E-state index contributed by atoms with van der Waals surface area (Å²) >= 11 is 12.2. The van der Waals surface area contributed by atoms with Crippen LogP contribution in [0.1, 0.15) is 402 Å². The molecule has 9 nitrogen and oxygen atoms in total. The third-order valence-corrected chi connectivity index (χ3v) is 15.7. The first-order valence-electron chi connectivity index (χ1n) is 66.0. The first kappa shape index (κ1) is 94.7. The molecule has 0 aromatic rings. The lowest BCUT2D eigenvalue weighted by Gasteiger charge is -1.91. The summed E-state index contributed by atoms with van der Waals surface area (Å²) in [5.74, 6) is 21.3. The number of allylic oxidation sites excluding steroid dienone is 54. The lowest BCUT2D eigenvalue weighted by molar-refractivity contribution is -0.140. The highest BCUT2D eigenvalue weighted by atomic mass is 80.0. The number of hydrogen-bond donors (Lipinski definition) is 2. The molecule has 0 aliphatic rings. The van der Waals surface area contributed by atoms with E-state index in [0.29, 0.717) is 173 Å². The molecule has 14 heteroatoms. The van der Waals surface area contributed by atoms with Crippen molar-refractivity contribution in [3.05, 3.63) is 340 Å². The van der Waals surface area contributed by atoms with Gasteiger partial charge in [-0.15, -0.1) is 36.5 Å². The van der Waals surface area contributed by atoms with Crippen molar-refractivity contribution in [3.63, 3.8) is 0 Å². The van der Waals surface area contributed by atoms with Gasteiger partial charge in [-0.2, -0.15) is 0 Å². The minimum absolute atomic E-state index is 0.00523. The number of aliphatic carboxylic acids is 1. The third kappa shape index (κ3) is 183. The number of terminal acetylenes is 2. The first-order chi connectivity index (χ1) is 83.6. The molecular formula is C132H189Br4O9P. The van der Waals surface area contributed by atoms with Gasteiger partial charge in [-0.25, -0.2) is 0 Å². The van der Waals surface area contributed by atoms with E-state index in [1.165, 1.54) is 204 Å². The van der Waals surface area contributed by atoms with E-state index < -0.39 is 125 Å². The lowest BCUT2D eigenvalue weighted by atomic mass is 10.2. The Bertz CT molecular complexity index is 5880. The van der Waals surface area contributed by atoms with Gasteiger partial charge in [0.05, 0.1) is 54.1 Å². The average Bonchev–Trinajstić information content (AvgIpc) is 0.926. The van der Waals surface area contributed by atoms with Crippen molar-refractivity contribution in [2.45, 2.75) is 355 Å². The molecule has 0 radical (unpaired) electrons. The van der Waals surface area contributed by atoms with Crippen LogP contribution in [0.25, 0.3) is 0 Å². The van der Waals surface area contributed by atoms with Gasteiger partial charge in [0.15, 0.2) is 0 Å². The molecule has 146 heavy (non-hydrogen) atoms. The van der Waals surface area contributed by atoms with Gasteiger partial charge in [0, 0.05) is 64.1 Å². The molecule has 0 aromatic carbocycles. The van der Waals surface area contributed by atoms with Gasteiger partial charge in [-0.3, -0.25) is 19.2 Å². The molecule has 0 heterocycles. The lowest BCUT2D eigenvalue weighted by Crippen LogP contribution is -1.96. The smallest absolute Gasteiger partial charge is 0.317 e. The van der Waals surface area contributed by atoms with Crippen molar-refractivity contribution in [2.75, 3.05) is 33.2 Å². The number of hydrogen-bond acceptors (Lipinski definition) is 8. The molecule has 0 aliphatic heterocycles.